The molecule has 0 saturated carbocycles. The number of hydrogen-bond acceptors (Lipinski definition) is 5. The van der Waals surface area contributed by atoms with Crippen LogP contribution in [0.15, 0.2) is 36.4 Å². The molecule has 0 radical (unpaired) electrons. The van der Waals surface area contributed by atoms with Gasteiger partial charge in [-0.1, -0.05) is 55.2 Å². The molecule has 1 saturated heterocycles. The van der Waals surface area contributed by atoms with Gasteiger partial charge in [-0.15, -0.1) is 0 Å². The lowest BCUT2D eigenvalue weighted by molar-refractivity contribution is -0.139. The Morgan fingerprint density at radius 1 is 1.27 bits per heavy atom. The molecule has 0 spiro atoms. The van der Waals surface area contributed by atoms with Gasteiger partial charge in [-0.25, -0.2) is 21.9 Å². The van der Waals surface area contributed by atoms with Gasteiger partial charge in [0.25, 0.3) is 0 Å². The Balaban J connectivity index is 2.21. The van der Waals surface area contributed by atoms with Gasteiger partial charge in [0, 0.05) is 29.1 Å². The van der Waals surface area contributed by atoms with Crippen molar-refractivity contribution in [2.24, 2.45) is 5.41 Å². The number of carbonyl (C=O) groups is 1. The molecule has 0 amide bonds. The minimum absolute atomic E-state index is 0.0734. The third-order valence-electron chi connectivity index (χ3n) is 6.82. The maximum absolute atomic E-state index is 15.5. The van der Waals surface area contributed by atoms with Crippen LogP contribution in [0.2, 0.25) is 10.0 Å². The largest absolute Gasteiger partial charge is 0.480 e. The molecule has 2 aromatic rings. The van der Waals surface area contributed by atoms with Crippen LogP contribution in [0.1, 0.15) is 43.7 Å². The summed E-state index contributed by atoms with van der Waals surface area (Å²) >= 11 is 12.0. The van der Waals surface area contributed by atoms with Crippen LogP contribution in [0, 0.1) is 28.4 Å². The van der Waals surface area contributed by atoms with E-state index in [1.165, 1.54) is 30.3 Å². The summed E-state index contributed by atoms with van der Waals surface area (Å²) in [6.45, 7) is 3.74. The zero-order valence-corrected chi connectivity index (χ0v) is 22.7. The summed E-state index contributed by atoms with van der Waals surface area (Å²) in [4.78, 5) is 12.4. The van der Waals surface area contributed by atoms with E-state index < -0.39 is 56.5 Å². The maximum atomic E-state index is 15.5. The van der Waals surface area contributed by atoms with E-state index in [1.807, 2.05) is 13.8 Å². The Labute approximate surface area is 224 Å². The molecule has 200 valence electrons. The number of nitrogens with zero attached hydrogens (tertiary/aromatic N) is 1. The number of rotatable bonds is 9. The summed E-state index contributed by atoms with van der Waals surface area (Å²) in [6, 6.07) is 7.53. The summed E-state index contributed by atoms with van der Waals surface area (Å²) in [5.74, 6) is -4.44. The van der Waals surface area contributed by atoms with Crippen LogP contribution in [0.5, 0.6) is 0 Å². The number of hydrogen-bond donors (Lipinski definition) is 3. The molecule has 7 nitrogen and oxygen atoms in total. The zero-order chi connectivity index (χ0) is 27.8. The molecular formula is C25H27Cl2F2N3O4S. The van der Waals surface area contributed by atoms with E-state index in [0.29, 0.717) is 6.42 Å². The van der Waals surface area contributed by atoms with Gasteiger partial charge in [0.05, 0.1) is 17.3 Å². The van der Waals surface area contributed by atoms with Crippen LogP contribution in [0.3, 0.4) is 0 Å². The average Bonchev–Trinajstić information content (AvgIpc) is 3.08. The molecule has 0 bridgehead atoms. The van der Waals surface area contributed by atoms with Crippen LogP contribution < -0.4 is 10.0 Å². The molecule has 0 aliphatic carbocycles. The van der Waals surface area contributed by atoms with Crippen molar-refractivity contribution in [1.82, 2.24) is 10.0 Å². The highest BCUT2D eigenvalue weighted by Crippen LogP contribution is 2.53. The van der Waals surface area contributed by atoms with Crippen molar-refractivity contribution in [2.45, 2.75) is 50.1 Å². The first-order chi connectivity index (χ1) is 17.1. The Bertz CT molecular complexity index is 1350. The fourth-order valence-corrected chi connectivity index (χ4v) is 5.97. The van der Waals surface area contributed by atoms with Gasteiger partial charge in [-0.3, -0.25) is 10.1 Å². The quantitative estimate of drug-likeness (QED) is 0.403. The van der Waals surface area contributed by atoms with Crippen molar-refractivity contribution >= 4 is 39.2 Å². The number of nitriles is 1. The highest BCUT2D eigenvalue weighted by Gasteiger charge is 2.61. The van der Waals surface area contributed by atoms with E-state index >= 15 is 8.78 Å². The van der Waals surface area contributed by atoms with Gasteiger partial charge in [-0.2, -0.15) is 5.26 Å². The van der Waals surface area contributed by atoms with E-state index in [1.54, 1.807) is 0 Å². The molecule has 2 aromatic carbocycles. The van der Waals surface area contributed by atoms with Gasteiger partial charge in [0.15, 0.2) is 0 Å². The SMILES string of the molecule is CC(C)(CCNS(C)(=O)=O)CC1NC(C(=O)O)C(c2cccc(Cl)c2F)C1(C#N)c1ccc(Cl)cc1F. The lowest BCUT2D eigenvalue weighted by Gasteiger charge is -2.38. The topological polar surface area (TPSA) is 119 Å². The Morgan fingerprint density at radius 3 is 2.51 bits per heavy atom. The number of sulfonamides is 1. The lowest BCUT2D eigenvalue weighted by Crippen LogP contribution is -2.45. The predicted octanol–water partition coefficient (Wildman–Crippen LogP) is 4.60. The molecule has 3 N–H and O–H groups in total. The first kappa shape index (κ1) is 29.3. The summed E-state index contributed by atoms with van der Waals surface area (Å²) in [6.07, 6.45) is 1.50. The third kappa shape index (κ3) is 6.07. The van der Waals surface area contributed by atoms with E-state index in [4.69, 9.17) is 23.2 Å². The first-order valence-corrected chi connectivity index (χ1v) is 14.0. The highest BCUT2D eigenvalue weighted by molar-refractivity contribution is 7.88. The van der Waals surface area contributed by atoms with Crippen molar-refractivity contribution < 1.29 is 27.1 Å². The van der Waals surface area contributed by atoms with Crippen LogP contribution in [-0.4, -0.2) is 44.4 Å². The Hall–Kier alpha value is -2.29. The third-order valence-corrected chi connectivity index (χ3v) is 8.08. The second-order valence-electron chi connectivity index (χ2n) is 10.0. The van der Waals surface area contributed by atoms with Crippen molar-refractivity contribution in [1.29, 1.82) is 5.26 Å². The van der Waals surface area contributed by atoms with Crippen molar-refractivity contribution in [3.05, 3.63) is 69.2 Å². The lowest BCUT2D eigenvalue weighted by atomic mass is 9.62. The summed E-state index contributed by atoms with van der Waals surface area (Å²) in [5.41, 5.74) is -2.80. The molecule has 12 heteroatoms. The summed E-state index contributed by atoms with van der Waals surface area (Å²) in [7, 11) is -3.44. The summed E-state index contributed by atoms with van der Waals surface area (Å²) < 4.78 is 56.2. The minimum atomic E-state index is -3.44. The fourth-order valence-electron chi connectivity index (χ4n) is 5.16. The molecule has 0 aromatic heterocycles. The van der Waals surface area contributed by atoms with Gasteiger partial charge in [0.2, 0.25) is 10.0 Å². The predicted molar refractivity (Wildman–Crippen MR) is 137 cm³/mol. The number of nitrogens with one attached hydrogen (secondary N) is 2. The van der Waals surface area contributed by atoms with Gasteiger partial charge < -0.3 is 5.11 Å². The normalized spacial score (nSPS) is 24.1. The van der Waals surface area contributed by atoms with Gasteiger partial charge in [-0.05, 0) is 42.0 Å². The average molecular weight is 574 g/mol. The molecule has 3 rings (SSSR count). The number of aliphatic carboxylic acids is 1. The van der Waals surface area contributed by atoms with Crippen LogP contribution in [-0.2, 0) is 20.2 Å². The van der Waals surface area contributed by atoms with E-state index in [0.717, 1.165) is 12.3 Å². The highest BCUT2D eigenvalue weighted by atomic mass is 35.5. The molecule has 1 fully saturated rings. The first-order valence-electron chi connectivity index (χ1n) is 11.4. The Morgan fingerprint density at radius 2 is 1.95 bits per heavy atom. The van der Waals surface area contributed by atoms with Crippen LogP contribution >= 0.6 is 23.2 Å². The zero-order valence-electron chi connectivity index (χ0n) is 20.4. The van der Waals surface area contributed by atoms with Crippen LogP contribution in [0.4, 0.5) is 8.78 Å². The number of carboxylic acids is 1. The van der Waals surface area contributed by atoms with Crippen molar-refractivity contribution in [3.8, 4) is 6.07 Å². The van der Waals surface area contributed by atoms with Crippen LogP contribution in [0.25, 0.3) is 0 Å². The molecular weight excluding hydrogens is 547 g/mol. The van der Waals surface area contributed by atoms with Gasteiger partial charge >= 0.3 is 5.97 Å². The fraction of sp³-hybridized carbons (Fsp3) is 0.440. The minimum Gasteiger partial charge on any atom is -0.480 e. The number of carboxylic acid groups (broad SMARTS) is 1. The van der Waals surface area contributed by atoms with E-state index in [9.17, 15) is 23.6 Å². The van der Waals surface area contributed by atoms with Crippen molar-refractivity contribution in [2.75, 3.05) is 12.8 Å². The molecule has 1 aliphatic rings. The number of halogens is 4. The van der Waals surface area contributed by atoms with Crippen molar-refractivity contribution in [3.63, 3.8) is 0 Å². The second-order valence-corrected chi connectivity index (χ2v) is 12.7. The monoisotopic (exact) mass is 573 g/mol. The standard InChI is InChI=1S/C25H27Cl2F2N3O4S/c1-24(2,9-10-31-37(3,35)36)12-19-25(13-30,16-8-7-14(26)11-18(16)28)20(22(32-19)23(33)34)15-5-4-6-17(27)21(15)29/h4-8,11,19-20,22,31-32H,9-10,12H2,1-3H3,(H,33,34). The smallest absolute Gasteiger partial charge is 0.321 e. The Kier molecular flexibility index (Phi) is 8.57. The summed E-state index contributed by atoms with van der Waals surface area (Å²) in [5, 5.41) is 23.6. The molecule has 4 unspecified atom stereocenters. The van der Waals surface area contributed by atoms with E-state index in [-0.39, 0.29) is 34.1 Å². The second kappa shape index (κ2) is 10.8. The maximum Gasteiger partial charge on any atom is 0.321 e. The van der Waals surface area contributed by atoms with E-state index in [2.05, 4.69) is 16.1 Å². The molecule has 1 aliphatic heterocycles. The van der Waals surface area contributed by atoms with Gasteiger partial charge in [0.1, 0.15) is 23.1 Å². The molecule has 37 heavy (non-hydrogen) atoms. The molecule has 4 atom stereocenters. The number of benzene rings is 2. The molecule has 1 heterocycles.